The number of ketones is 1. The molecule has 9 rings (SSSR count). The van der Waals surface area contributed by atoms with Gasteiger partial charge in [0.1, 0.15) is 23.9 Å². The molecule has 0 bridgehead atoms. The number of likely N-dealkylation sites (tertiary alicyclic amines) is 1. The topological polar surface area (TPSA) is 184 Å². The lowest BCUT2D eigenvalue weighted by atomic mass is 9.87. The summed E-state index contributed by atoms with van der Waals surface area (Å²) >= 11 is -1.05. The first-order valence-electron chi connectivity index (χ1n) is 24.4. The smallest absolute Gasteiger partial charge is 0.329 e. The number of aromatic nitrogens is 4. The normalized spacial score (nSPS) is 25.8. The van der Waals surface area contributed by atoms with E-state index in [9.17, 15) is 28.2 Å². The Hall–Kier alpha value is -4.32. The highest BCUT2D eigenvalue weighted by Gasteiger charge is 2.52. The fraction of sp³-hybridized carbons (Fsp3) is 0.688. The maximum Gasteiger partial charge on any atom is 0.329 e. The Balaban J connectivity index is 0.000000185. The first-order valence-corrected chi connectivity index (χ1v) is 25.4. The Labute approximate surface area is 385 Å². The standard InChI is InChI=1S/C27H43N7O2S.C21H27N3O4/c1-20-4-3-5-23(35)27(8-9-27)22-17-29-25(31-24(22)28-16-20)30-21-6-12-33(13-7-21)37(36)34-15-11-26(19-34)10-14-32(2)18-26;1-23-19-15(9-6-4-2-3-5-7-14-25)10-8-11-16(19)24(21(23)28)17-12-13-18(26)22-20(17)27/h17,20-21H,3-16,18-19H2,1-2H3,(H2,28,29,30,31);8,10-11,14,17H,2-7,9,12-13H2,1H3,(H,22,26,27). The summed E-state index contributed by atoms with van der Waals surface area (Å²) in [6, 6.07) is 5.42. The minimum absolute atomic E-state index is 0.231. The number of carbonyl (C=O) groups excluding carboxylic acids is 4. The zero-order chi connectivity index (χ0) is 45.7. The van der Waals surface area contributed by atoms with Crippen LogP contribution in [0.25, 0.3) is 11.0 Å². The molecule has 0 radical (unpaired) electrons. The number of hydrogen-bond donors (Lipinski definition) is 3. The monoisotopic (exact) mass is 915 g/mol. The fourth-order valence-corrected chi connectivity index (χ4v) is 12.5. The second kappa shape index (κ2) is 20.7. The van der Waals surface area contributed by atoms with Crippen LogP contribution in [-0.4, -0.2) is 120 Å². The number of nitrogens with zero attached hydrogens (tertiary/aromatic N) is 7. The number of piperidine rings is 2. The molecule has 1 aromatic carbocycles. The average Bonchev–Trinajstić information content (AvgIpc) is 3.78. The van der Waals surface area contributed by atoms with Gasteiger partial charge in [0, 0.05) is 83.4 Å². The van der Waals surface area contributed by atoms with Gasteiger partial charge in [-0.15, -0.1) is 0 Å². The molecule has 2 amide bonds. The van der Waals surface area contributed by atoms with Gasteiger partial charge in [0.2, 0.25) is 17.8 Å². The molecule has 17 heteroatoms. The summed E-state index contributed by atoms with van der Waals surface area (Å²) < 4.78 is 20.8. The molecule has 4 unspecified atom stereocenters. The number of imidazole rings is 1. The Morgan fingerprint density at radius 2 is 1.66 bits per heavy atom. The predicted octanol–water partition coefficient (Wildman–Crippen LogP) is 5.19. The molecule has 16 nitrogen and oxygen atoms in total. The van der Waals surface area contributed by atoms with Crippen LogP contribution in [0.3, 0.4) is 0 Å². The van der Waals surface area contributed by atoms with Gasteiger partial charge in [-0.3, -0.25) is 28.8 Å². The van der Waals surface area contributed by atoms with E-state index in [-0.39, 0.29) is 29.5 Å². The van der Waals surface area contributed by atoms with Gasteiger partial charge in [0.15, 0.2) is 11.2 Å². The number of unbranched alkanes of at least 4 members (excludes halogenated alkanes) is 5. The Morgan fingerprint density at radius 1 is 0.892 bits per heavy atom. The molecular weight excluding hydrogens is 845 g/mol. The molecule has 354 valence electrons. The lowest BCUT2D eigenvalue weighted by Crippen LogP contribution is -2.45. The van der Waals surface area contributed by atoms with Crippen LogP contribution >= 0.6 is 0 Å². The molecule has 2 spiro atoms. The van der Waals surface area contributed by atoms with Crippen LogP contribution in [0.15, 0.2) is 29.2 Å². The highest BCUT2D eigenvalue weighted by molar-refractivity contribution is 7.80. The first kappa shape index (κ1) is 47.2. The van der Waals surface area contributed by atoms with Crippen molar-refractivity contribution < 1.29 is 23.4 Å². The van der Waals surface area contributed by atoms with Gasteiger partial charge in [-0.25, -0.2) is 22.6 Å². The van der Waals surface area contributed by atoms with Crippen molar-refractivity contribution in [3.8, 4) is 0 Å². The van der Waals surface area contributed by atoms with Crippen LogP contribution in [0, 0.1) is 11.3 Å². The van der Waals surface area contributed by atoms with Crippen LogP contribution in [-0.2, 0) is 49.2 Å². The quantitative estimate of drug-likeness (QED) is 0.117. The first-order chi connectivity index (χ1) is 31.4. The van der Waals surface area contributed by atoms with Gasteiger partial charge >= 0.3 is 5.69 Å². The third-order valence-electron chi connectivity index (χ3n) is 15.0. The molecule has 2 aromatic heterocycles. The van der Waals surface area contributed by atoms with Crippen molar-refractivity contribution in [2.24, 2.45) is 18.4 Å². The van der Waals surface area contributed by atoms with Gasteiger partial charge in [-0.1, -0.05) is 38.3 Å². The van der Waals surface area contributed by atoms with E-state index in [1.54, 1.807) is 11.6 Å². The van der Waals surface area contributed by atoms with Crippen LogP contribution in [0.5, 0.6) is 0 Å². The number of fused-ring (bicyclic) bond motifs is 3. The third kappa shape index (κ3) is 10.6. The fourth-order valence-electron chi connectivity index (χ4n) is 11.0. The number of carbonyl (C=O) groups is 4. The number of nitrogens with one attached hydrogen (secondary N) is 3. The lowest BCUT2D eigenvalue weighted by Gasteiger charge is -2.34. The summed E-state index contributed by atoms with van der Waals surface area (Å²) in [5.41, 5.74) is 3.43. The van der Waals surface area contributed by atoms with Crippen molar-refractivity contribution in [3.05, 3.63) is 46.0 Å². The number of aldehydes is 1. The van der Waals surface area contributed by atoms with E-state index in [1.165, 1.54) is 11.0 Å². The van der Waals surface area contributed by atoms with Crippen LogP contribution in [0.1, 0.15) is 133 Å². The van der Waals surface area contributed by atoms with E-state index in [0.717, 1.165) is 164 Å². The number of rotatable bonds is 13. The molecule has 1 aliphatic carbocycles. The number of aryl methyl sites for hydroxylation is 2. The SMILES string of the molecule is CC1CCCC(=O)C2(CC2)c2cnc(NC3CCN(S(=O)N4CCC5(CCN(C)C5)C4)CC3)nc2NC1.Cn1c(=O)n(C2CCC(=O)NC2=O)c2cccc(CCCCCCCC=O)c21. The minimum atomic E-state index is -1.05. The highest BCUT2D eigenvalue weighted by Crippen LogP contribution is 2.52. The minimum Gasteiger partial charge on any atom is -0.369 e. The van der Waals surface area contributed by atoms with Crippen molar-refractivity contribution in [3.63, 3.8) is 0 Å². The number of amides is 2. The van der Waals surface area contributed by atoms with Crippen molar-refractivity contribution >= 4 is 57.9 Å². The van der Waals surface area contributed by atoms with Gasteiger partial charge in [0.25, 0.3) is 0 Å². The predicted molar refractivity (Wildman–Crippen MR) is 253 cm³/mol. The van der Waals surface area contributed by atoms with Gasteiger partial charge in [-0.05, 0) is 114 Å². The second-order valence-corrected chi connectivity index (χ2v) is 21.4. The average molecular weight is 915 g/mol. The van der Waals surface area contributed by atoms with E-state index in [1.807, 2.05) is 24.4 Å². The van der Waals surface area contributed by atoms with Gasteiger partial charge < -0.3 is 20.3 Å². The Bertz CT molecular complexity index is 2300. The second-order valence-electron chi connectivity index (χ2n) is 20.0. The molecule has 5 fully saturated rings. The van der Waals surface area contributed by atoms with Crippen LogP contribution < -0.4 is 21.6 Å². The van der Waals surface area contributed by atoms with Gasteiger partial charge in [0.05, 0.1) is 16.4 Å². The van der Waals surface area contributed by atoms with Crippen molar-refractivity contribution in [1.29, 1.82) is 0 Å². The number of benzene rings is 1. The van der Waals surface area contributed by atoms with Crippen molar-refractivity contribution in [1.82, 2.24) is 37.9 Å². The molecule has 5 aliphatic heterocycles. The van der Waals surface area contributed by atoms with E-state index < -0.39 is 23.1 Å². The molecule has 3 aromatic rings. The van der Waals surface area contributed by atoms with Crippen LogP contribution in [0.2, 0.25) is 0 Å². The lowest BCUT2D eigenvalue weighted by molar-refractivity contribution is -0.135. The summed E-state index contributed by atoms with van der Waals surface area (Å²) in [5.74, 6) is 1.63. The summed E-state index contributed by atoms with van der Waals surface area (Å²) in [6.07, 6.45) is 18.9. The Morgan fingerprint density at radius 3 is 2.40 bits per heavy atom. The molecule has 7 heterocycles. The molecule has 3 N–H and O–H groups in total. The molecular formula is C48H70N10O6S. The summed E-state index contributed by atoms with van der Waals surface area (Å²) in [5, 5.41) is 9.44. The van der Waals surface area contributed by atoms with Crippen molar-refractivity contribution in [2.75, 3.05) is 63.5 Å². The molecule has 4 saturated heterocycles. The zero-order valence-electron chi connectivity index (χ0n) is 38.8. The largest absolute Gasteiger partial charge is 0.369 e. The van der Waals surface area contributed by atoms with Crippen LogP contribution in [0.4, 0.5) is 11.8 Å². The number of anilines is 2. The van der Waals surface area contributed by atoms with E-state index in [4.69, 9.17) is 4.98 Å². The number of para-hydroxylation sites is 1. The van der Waals surface area contributed by atoms with E-state index in [2.05, 4.69) is 48.4 Å². The number of hydrogen-bond acceptors (Lipinski definition) is 11. The maximum absolute atomic E-state index is 13.3. The number of Topliss-reactive ketones (excluding diaryl/α,β-unsaturated/α-hetero) is 1. The molecule has 65 heavy (non-hydrogen) atoms. The van der Waals surface area contributed by atoms with E-state index >= 15 is 0 Å². The molecule has 1 saturated carbocycles. The highest BCUT2D eigenvalue weighted by atomic mass is 32.2. The Kier molecular flexibility index (Phi) is 15.0. The maximum atomic E-state index is 13.3. The van der Waals surface area contributed by atoms with E-state index in [0.29, 0.717) is 42.3 Å². The third-order valence-corrected chi connectivity index (χ3v) is 16.6. The molecule has 4 atom stereocenters. The zero-order valence-corrected chi connectivity index (χ0v) is 39.6. The van der Waals surface area contributed by atoms with Gasteiger partial charge in [-0.2, -0.15) is 4.98 Å². The number of imide groups is 1. The van der Waals surface area contributed by atoms with Crippen molar-refractivity contribution in [2.45, 2.75) is 140 Å². The summed E-state index contributed by atoms with van der Waals surface area (Å²) in [7, 11) is 3.93. The summed E-state index contributed by atoms with van der Waals surface area (Å²) in [4.78, 5) is 71.9. The molecule has 6 aliphatic rings. The summed E-state index contributed by atoms with van der Waals surface area (Å²) in [6.45, 7) is 8.92.